The highest BCUT2D eigenvalue weighted by molar-refractivity contribution is 6.28. The van der Waals surface area contributed by atoms with Gasteiger partial charge in [0.2, 0.25) is 5.28 Å². The van der Waals surface area contributed by atoms with Crippen LogP contribution in [0.25, 0.3) is 11.2 Å². The third-order valence-corrected chi connectivity index (χ3v) is 1.41. The minimum absolute atomic E-state index is 0. The van der Waals surface area contributed by atoms with Gasteiger partial charge in [-0.3, -0.25) is 0 Å². The van der Waals surface area contributed by atoms with Gasteiger partial charge in [0.25, 0.3) is 0 Å². The fraction of sp³-hybridized carbons (Fsp3) is 0. The van der Waals surface area contributed by atoms with E-state index in [1.165, 1.54) is 0 Å². The molecule has 3 nitrogen and oxygen atoms in total. The molecule has 2 rings (SSSR count). The minimum atomic E-state index is 0. The summed E-state index contributed by atoms with van der Waals surface area (Å²) in [6.07, 6.45) is 1.68. The summed E-state index contributed by atoms with van der Waals surface area (Å²) in [7, 11) is 0. The van der Waals surface area contributed by atoms with Gasteiger partial charge in [-0.15, -0.1) is 12.4 Å². The van der Waals surface area contributed by atoms with Crippen LogP contribution in [-0.4, -0.2) is 15.0 Å². The Labute approximate surface area is 74.2 Å². The lowest BCUT2D eigenvalue weighted by Gasteiger charge is -1.80. The van der Waals surface area contributed by atoms with Crippen LogP contribution in [0.4, 0.5) is 0 Å². The first kappa shape index (κ1) is 8.30. The number of hydrogen-bond donors (Lipinski definition) is 1. The molecule has 0 saturated carbocycles. The number of fused-ring (bicyclic) bond motifs is 1. The number of imidazole rings is 1. The average molecular weight is 190 g/mol. The van der Waals surface area contributed by atoms with E-state index in [0.29, 0.717) is 10.9 Å². The molecule has 2 aromatic rings. The van der Waals surface area contributed by atoms with Crippen molar-refractivity contribution in [1.29, 1.82) is 0 Å². The van der Waals surface area contributed by atoms with Crippen molar-refractivity contribution < 1.29 is 0 Å². The molecule has 0 unspecified atom stereocenters. The van der Waals surface area contributed by atoms with E-state index in [4.69, 9.17) is 11.6 Å². The van der Waals surface area contributed by atoms with E-state index in [0.717, 1.165) is 5.52 Å². The van der Waals surface area contributed by atoms with E-state index < -0.39 is 0 Å². The fourth-order valence-electron chi connectivity index (χ4n) is 0.816. The molecule has 0 spiro atoms. The predicted molar refractivity (Wildman–Crippen MR) is 46.1 cm³/mol. The second kappa shape index (κ2) is 3.07. The van der Waals surface area contributed by atoms with E-state index in [9.17, 15) is 0 Å². The highest BCUT2D eigenvalue weighted by Gasteiger charge is 1.97. The molecule has 2 heterocycles. The number of rotatable bonds is 0. The second-order valence-electron chi connectivity index (χ2n) is 1.90. The van der Waals surface area contributed by atoms with Gasteiger partial charge in [0, 0.05) is 6.20 Å². The minimum Gasteiger partial charge on any atom is -0.327 e. The molecule has 0 saturated heterocycles. The van der Waals surface area contributed by atoms with Crippen molar-refractivity contribution in [3.8, 4) is 0 Å². The molecule has 0 bridgehead atoms. The molecule has 1 N–H and O–H groups in total. The molecule has 0 atom stereocenters. The summed E-state index contributed by atoms with van der Waals surface area (Å²) in [5.74, 6) is 0. The fourth-order valence-corrected chi connectivity index (χ4v) is 0.998. The van der Waals surface area contributed by atoms with Gasteiger partial charge < -0.3 is 4.98 Å². The lowest BCUT2D eigenvalue weighted by atomic mass is 10.4. The van der Waals surface area contributed by atoms with Gasteiger partial charge in [0.05, 0.1) is 5.52 Å². The Morgan fingerprint density at radius 3 is 3.00 bits per heavy atom. The van der Waals surface area contributed by atoms with Crippen LogP contribution in [0.5, 0.6) is 0 Å². The lowest BCUT2D eigenvalue weighted by molar-refractivity contribution is 1.30. The van der Waals surface area contributed by atoms with Gasteiger partial charge in [0.1, 0.15) is 0 Å². The van der Waals surface area contributed by atoms with Gasteiger partial charge in [-0.25, -0.2) is 4.98 Å². The Hall–Kier alpha value is -0.800. The summed E-state index contributed by atoms with van der Waals surface area (Å²) in [4.78, 5) is 10.7. The van der Waals surface area contributed by atoms with Crippen LogP contribution < -0.4 is 0 Å². The maximum atomic E-state index is 5.58. The molecule has 0 amide bonds. The highest BCUT2D eigenvalue weighted by Crippen LogP contribution is 2.09. The van der Waals surface area contributed by atoms with E-state index in [1.807, 2.05) is 12.1 Å². The number of halogens is 2. The normalized spacial score (nSPS) is 9.55. The first-order valence-corrected chi connectivity index (χ1v) is 3.20. The number of aromatic amines is 1. The zero-order chi connectivity index (χ0) is 6.97. The van der Waals surface area contributed by atoms with Crippen molar-refractivity contribution in [3.05, 3.63) is 23.6 Å². The van der Waals surface area contributed by atoms with Crippen LogP contribution >= 0.6 is 24.0 Å². The standard InChI is InChI=1S/C6H4ClN3.ClH/c7-6-9-4-2-1-3-8-5(4)10-6;/h1-3H,(H,8,9,10);1H. The summed E-state index contributed by atoms with van der Waals surface area (Å²) >= 11 is 5.58. The Morgan fingerprint density at radius 1 is 1.45 bits per heavy atom. The molecular weight excluding hydrogens is 185 g/mol. The molecule has 0 radical (unpaired) electrons. The van der Waals surface area contributed by atoms with Crippen molar-refractivity contribution in [3.63, 3.8) is 0 Å². The van der Waals surface area contributed by atoms with E-state index in [-0.39, 0.29) is 12.4 Å². The molecule has 2 aromatic heterocycles. The summed E-state index contributed by atoms with van der Waals surface area (Å²) < 4.78 is 0. The van der Waals surface area contributed by atoms with Gasteiger partial charge in [-0.05, 0) is 23.7 Å². The maximum absolute atomic E-state index is 5.58. The predicted octanol–water partition coefficient (Wildman–Crippen LogP) is 2.03. The van der Waals surface area contributed by atoms with E-state index in [1.54, 1.807) is 6.20 Å². The molecule has 0 aliphatic heterocycles. The Balaban J connectivity index is 0.000000605. The van der Waals surface area contributed by atoms with E-state index >= 15 is 0 Å². The molecule has 5 heteroatoms. The Kier molecular flexibility index (Phi) is 2.31. The zero-order valence-electron chi connectivity index (χ0n) is 5.41. The molecular formula is C6H5Cl2N3. The van der Waals surface area contributed by atoms with E-state index in [2.05, 4.69) is 15.0 Å². The monoisotopic (exact) mass is 189 g/mol. The van der Waals surface area contributed by atoms with Gasteiger partial charge >= 0.3 is 0 Å². The van der Waals surface area contributed by atoms with Gasteiger partial charge in [-0.1, -0.05) is 0 Å². The zero-order valence-corrected chi connectivity index (χ0v) is 6.99. The van der Waals surface area contributed by atoms with Crippen molar-refractivity contribution in [2.24, 2.45) is 0 Å². The van der Waals surface area contributed by atoms with Crippen LogP contribution in [0.1, 0.15) is 0 Å². The first-order chi connectivity index (χ1) is 4.86. The number of aromatic nitrogens is 3. The van der Waals surface area contributed by atoms with Crippen LogP contribution in [0.2, 0.25) is 5.28 Å². The molecule has 0 fully saturated rings. The third kappa shape index (κ3) is 1.44. The van der Waals surface area contributed by atoms with Crippen LogP contribution in [0, 0.1) is 0 Å². The topological polar surface area (TPSA) is 41.6 Å². The van der Waals surface area contributed by atoms with Crippen molar-refractivity contribution >= 4 is 35.2 Å². The third-order valence-electron chi connectivity index (χ3n) is 1.23. The Morgan fingerprint density at radius 2 is 2.27 bits per heavy atom. The second-order valence-corrected chi connectivity index (χ2v) is 2.26. The van der Waals surface area contributed by atoms with Gasteiger partial charge in [0.15, 0.2) is 5.65 Å². The maximum Gasteiger partial charge on any atom is 0.202 e. The number of nitrogens with one attached hydrogen (secondary N) is 1. The average Bonchev–Trinajstić information content (AvgIpc) is 2.27. The van der Waals surface area contributed by atoms with Crippen LogP contribution in [-0.2, 0) is 0 Å². The largest absolute Gasteiger partial charge is 0.327 e. The first-order valence-electron chi connectivity index (χ1n) is 2.82. The smallest absolute Gasteiger partial charge is 0.202 e. The summed E-state index contributed by atoms with van der Waals surface area (Å²) in [6.45, 7) is 0. The number of pyridine rings is 1. The highest BCUT2D eigenvalue weighted by atomic mass is 35.5. The SMILES string of the molecule is Cl.Clc1nc2ncccc2[nH]1. The van der Waals surface area contributed by atoms with Crippen LogP contribution in [0.15, 0.2) is 18.3 Å². The Bertz CT molecular complexity index is 324. The van der Waals surface area contributed by atoms with Crippen LogP contribution in [0.3, 0.4) is 0 Å². The molecule has 58 valence electrons. The van der Waals surface area contributed by atoms with Crippen molar-refractivity contribution in [2.75, 3.05) is 0 Å². The van der Waals surface area contributed by atoms with Gasteiger partial charge in [-0.2, -0.15) is 4.98 Å². The molecule has 11 heavy (non-hydrogen) atoms. The van der Waals surface area contributed by atoms with Crippen molar-refractivity contribution in [2.45, 2.75) is 0 Å². The molecule has 0 aliphatic rings. The lowest BCUT2D eigenvalue weighted by Crippen LogP contribution is -1.71. The molecule has 0 aromatic carbocycles. The number of H-pyrrole nitrogens is 1. The van der Waals surface area contributed by atoms with Crippen molar-refractivity contribution in [1.82, 2.24) is 15.0 Å². The number of hydrogen-bond acceptors (Lipinski definition) is 2. The molecule has 0 aliphatic carbocycles. The summed E-state index contributed by atoms with van der Waals surface area (Å²) in [6, 6.07) is 3.71. The summed E-state index contributed by atoms with van der Waals surface area (Å²) in [5.41, 5.74) is 1.53. The summed E-state index contributed by atoms with van der Waals surface area (Å²) in [5, 5.41) is 0.383. The number of nitrogens with zero attached hydrogens (tertiary/aromatic N) is 2. The quantitative estimate of drug-likeness (QED) is 0.690.